The van der Waals surface area contributed by atoms with Crippen LogP contribution >= 0.6 is 0 Å². The normalized spacial score (nSPS) is 10.3. The fraction of sp³-hybridized carbons (Fsp3) is 0.417. The van der Waals surface area contributed by atoms with Crippen LogP contribution in [-0.2, 0) is 4.74 Å². The average Bonchev–Trinajstić information content (AvgIpc) is 2.12. The lowest BCUT2D eigenvalue weighted by atomic mass is 10.1. The SMILES string of the molecule is Cc1cc(C)c(NC(=O)OC(C)C)cc1N. The number of carbonyl (C=O) groups is 1. The molecule has 0 heterocycles. The van der Waals surface area contributed by atoms with Gasteiger partial charge in [-0.25, -0.2) is 4.79 Å². The second-order valence-electron chi connectivity index (χ2n) is 4.10. The first kappa shape index (κ1) is 12.4. The summed E-state index contributed by atoms with van der Waals surface area (Å²) in [5.74, 6) is 0. The minimum absolute atomic E-state index is 0.136. The van der Waals surface area contributed by atoms with Crippen molar-refractivity contribution in [3.63, 3.8) is 0 Å². The van der Waals surface area contributed by atoms with E-state index in [9.17, 15) is 4.79 Å². The van der Waals surface area contributed by atoms with Gasteiger partial charge >= 0.3 is 6.09 Å². The Balaban J connectivity index is 2.81. The molecule has 3 N–H and O–H groups in total. The van der Waals surface area contributed by atoms with Crippen LogP contribution in [0.1, 0.15) is 25.0 Å². The Morgan fingerprint density at radius 3 is 2.50 bits per heavy atom. The van der Waals surface area contributed by atoms with Gasteiger partial charge in [-0.1, -0.05) is 6.07 Å². The van der Waals surface area contributed by atoms with Crippen molar-refractivity contribution >= 4 is 17.5 Å². The largest absolute Gasteiger partial charge is 0.447 e. The van der Waals surface area contributed by atoms with E-state index in [1.54, 1.807) is 19.9 Å². The lowest BCUT2D eigenvalue weighted by Crippen LogP contribution is -2.18. The zero-order valence-corrected chi connectivity index (χ0v) is 10.1. The van der Waals surface area contributed by atoms with E-state index >= 15 is 0 Å². The minimum Gasteiger partial charge on any atom is -0.447 e. The van der Waals surface area contributed by atoms with Gasteiger partial charge in [-0.15, -0.1) is 0 Å². The standard InChI is InChI=1S/C12H18N2O2/c1-7(2)16-12(15)14-11-6-10(13)8(3)5-9(11)4/h5-7H,13H2,1-4H3,(H,14,15). The van der Waals surface area contributed by atoms with Crippen LogP contribution in [0.4, 0.5) is 16.2 Å². The summed E-state index contributed by atoms with van der Waals surface area (Å²) in [7, 11) is 0. The highest BCUT2D eigenvalue weighted by Crippen LogP contribution is 2.22. The summed E-state index contributed by atoms with van der Waals surface area (Å²) in [6, 6.07) is 3.67. The van der Waals surface area contributed by atoms with E-state index in [0.29, 0.717) is 11.4 Å². The highest BCUT2D eigenvalue weighted by atomic mass is 16.6. The van der Waals surface area contributed by atoms with Crippen molar-refractivity contribution in [3.8, 4) is 0 Å². The van der Waals surface area contributed by atoms with Gasteiger partial charge in [-0.3, -0.25) is 5.32 Å². The summed E-state index contributed by atoms with van der Waals surface area (Å²) < 4.78 is 4.99. The van der Waals surface area contributed by atoms with Crippen molar-refractivity contribution in [1.29, 1.82) is 0 Å². The monoisotopic (exact) mass is 222 g/mol. The van der Waals surface area contributed by atoms with E-state index < -0.39 is 6.09 Å². The third-order valence-electron chi connectivity index (χ3n) is 2.19. The lowest BCUT2D eigenvalue weighted by molar-refractivity contribution is 0.130. The number of carbonyl (C=O) groups excluding carboxylic acids is 1. The first-order valence-corrected chi connectivity index (χ1v) is 5.24. The molecule has 0 radical (unpaired) electrons. The number of nitrogen functional groups attached to an aromatic ring is 1. The molecule has 1 aromatic rings. The molecule has 16 heavy (non-hydrogen) atoms. The number of benzene rings is 1. The molecule has 88 valence electrons. The summed E-state index contributed by atoms with van der Waals surface area (Å²) in [6.07, 6.45) is -0.593. The molecule has 0 unspecified atom stereocenters. The molecule has 4 heteroatoms. The Bertz CT molecular complexity index is 400. The molecule has 4 nitrogen and oxygen atoms in total. The van der Waals surface area contributed by atoms with E-state index in [1.807, 2.05) is 19.9 Å². The van der Waals surface area contributed by atoms with Crippen molar-refractivity contribution in [1.82, 2.24) is 0 Å². The van der Waals surface area contributed by atoms with Crippen LogP contribution in [-0.4, -0.2) is 12.2 Å². The molecule has 0 aliphatic heterocycles. The molecule has 0 aliphatic rings. The number of aryl methyl sites for hydroxylation is 2. The van der Waals surface area contributed by atoms with Gasteiger partial charge in [0.2, 0.25) is 0 Å². The number of nitrogens with two attached hydrogens (primary N) is 1. The number of hydrogen-bond acceptors (Lipinski definition) is 3. The molecule has 0 saturated carbocycles. The number of nitrogens with one attached hydrogen (secondary N) is 1. The summed E-state index contributed by atoms with van der Waals surface area (Å²) in [4.78, 5) is 11.4. The van der Waals surface area contributed by atoms with Gasteiger partial charge in [0.25, 0.3) is 0 Å². The summed E-state index contributed by atoms with van der Waals surface area (Å²) in [5, 5.41) is 2.67. The first-order chi connectivity index (χ1) is 7.40. The van der Waals surface area contributed by atoms with Crippen molar-refractivity contribution in [2.24, 2.45) is 0 Å². The predicted octanol–water partition coefficient (Wildman–Crippen LogP) is 2.84. The molecule has 1 aromatic carbocycles. The summed E-state index contributed by atoms with van der Waals surface area (Å²) in [6.45, 7) is 7.45. The van der Waals surface area contributed by atoms with E-state index in [2.05, 4.69) is 5.32 Å². The Morgan fingerprint density at radius 1 is 1.31 bits per heavy atom. The van der Waals surface area contributed by atoms with Gasteiger partial charge in [0.05, 0.1) is 6.10 Å². The van der Waals surface area contributed by atoms with E-state index in [1.165, 1.54) is 0 Å². The van der Waals surface area contributed by atoms with Gasteiger partial charge in [0, 0.05) is 11.4 Å². The number of ether oxygens (including phenoxy) is 1. The van der Waals surface area contributed by atoms with Crippen LogP contribution in [0.2, 0.25) is 0 Å². The van der Waals surface area contributed by atoms with Crippen LogP contribution < -0.4 is 11.1 Å². The maximum Gasteiger partial charge on any atom is 0.411 e. The van der Waals surface area contributed by atoms with Crippen LogP contribution in [0.5, 0.6) is 0 Å². The maximum absolute atomic E-state index is 11.4. The summed E-state index contributed by atoms with van der Waals surface area (Å²) >= 11 is 0. The van der Waals surface area contributed by atoms with E-state index in [-0.39, 0.29) is 6.10 Å². The Hall–Kier alpha value is -1.71. The van der Waals surface area contributed by atoms with Gasteiger partial charge < -0.3 is 10.5 Å². The van der Waals surface area contributed by atoms with E-state index in [4.69, 9.17) is 10.5 Å². The molecular weight excluding hydrogens is 204 g/mol. The Labute approximate surface area is 95.8 Å². The molecule has 0 spiro atoms. The van der Waals surface area contributed by atoms with Crippen LogP contribution in [0, 0.1) is 13.8 Å². The molecule has 1 amide bonds. The zero-order chi connectivity index (χ0) is 12.3. The van der Waals surface area contributed by atoms with Gasteiger partial charge in [-0.2, -0.15) is 0 Å². The topological polar surface area (TPSA) is 64.3 Å². The number of rotatable bonds is 2. The van der Waals surface area contributed by atoms with Gasteiger partial charge in [-0.05, 0) is 44.9 Å². The quantitative estimate of drug-likeness (QED) is 0.756. The molecule has 0 atom stereocenters. The van der Waals surface area contributed by atoms with Crippen LogP contribution in [0.15, 0.2) is 12.1 Å². The minimum atomic E-state index is -0.457. The van der Waals surface area contributed by atoms with Crippen LogP contribution in [0.3, 0.4) is 0 Å². The molecular formula is C12H18N2O2. The smallest absolute Gasteiger partial charge is 0.411 e. The molecule has 0 bridgehead atoms. The molecule has 0 fully saturated rings. The molecule has 0 saturated heterocycles. The third kappa shape index (κ3) is 3.15. The average molecular weight is 222 g/mol. The highest BCUT2D eigenvalue weighted by Gasteiger charge is 2.08. The molecule has 1 rings (SSSR count). The maximum atomic E-state index is 11.4. The van der Waals surface area contributed by atoms with Gasteiger partial charge in [0.1, 0.15) is 0 Å². The second-order valence-corrected chi connectivity index (χ2v) is 4.10. The second kappa shape index (κ2) is 4.88. The van der Waals surface area contributed by atoms with Gasteiger partial charge in [0.15, 0.2) is 0 Å². The van der Waals surface area contributed by atoms with E-state index in [0.717, 1.165) is 11.1 Å². The Morgan fingerprint density at radius 2 is 1.94 bits per heavy atom. The number of hydrogen-bond donors (Lipinski definition) is 2. The van der Waals surface area contributed by atoms with Crippen molar-refractivity contribution in [2.75, 3.05) is 11.1 Å². The molecule has 0 aliphatic carbocycles. The highest BCUT2D eigenvalue weighted by molar-refractivity contribution is 5.86. The van der Waals surface area contributed by atoms with Crippen molar-refractivity contribution in [3.05, 3.63) is 23.3 Å². The molecule has 0 aromatic heterocycles. The zero-order valence-electron chi connectivity index (χ0n) is 10.1. The fourth-order valence-electron chi connectivity index (χ4n) is 1.36. The van der Waals surface area contributed by atoms with Crippen LogP contribution in [0.25, 0.3) is 0 Å². The fourth-order valence-corrected chi connectivity index (χ4v) is 1.36. The lowest BCUT2D eigenvalue weighted by Gasteiger charge is -2.13. The summed E-state index contributed by atoms with van der Waals surface area (Å²) in [5.41, 5.74) is 9.09. The van der Waals surface area contributed by atoms with Crippen molar-refractivity contribution in [2.45, 2.75) is 33.8 Å². The number of amides is 1. The number of anilines is 2. The third-order valence-corrected chi connectivity index (χ3v) is 2.19. The predicted molar refractivity (Wildman–Crippen MR) is 65.6 cm³/mol. The van der Waals surface area contributed by atoms with Crippen molar-refractivity contribution < 1.29 is 9.53 Å². The Kier molecular flexibility index (Phi) is 3.77. The first-order valence-electron chi connectivity index (χ1n) is 5.24.